The fraction of sp³-hybridized carbons (Fsp3) is 0.600. The molecule has 124 valence electrons. The lowest BCUT2D eigenvalue weighted by Crippen LogP contribution is -2.54. The van der Waals surface area contributed by atoms with Gasteiger partial charge in [-0.05, 0) is 24.6 Å². The van der Waals surface area contributed by atoms with Gasteiger partial charge in [0.25, 0.3) is 0 Å². The van der Waals surface area contributed by atoms with E-state index in [1.807, 2.05) is 4.90 Å². The number of β-amino-alcohol motifs (C(OH)–C–C–N with tert-alkyl or cyclic N) is 1. The van der Waals surface area contributed by atoms with Gasteiger partial charge in [-0.25, -0.2) is 0 Å². The van der Waals surface area contributed by atoms with Gasteiger partial charge in [0.15, 0.2) is 0 Å². The number of aliphatic hydroxyl groups excluding tert-OH is 1. The van der Waals surface area contributed by atoms with Crippen molar-refractivity contribution < 1.29 is 18.3 Å². The summed E-state index contributed by atoms with van der Waals surface area (Å²) in [6.45, 7) is 2.71. The molecule has 1 aliphatic rings. The smallest absolute Gasteiger partial charge is 0.387 e. The monoisotopic (exact) mass is 336 g/mol. The van der Waals surface area contributed by atoms with Crippen molar-refractivity contribution in [3.63, 3.8) is 0 Å². The van der Waals surface area contributed by atoms with Crippen LogP contribution in [0.5, 0.6) is 0 Å². The Morgan fingerprint density at radius 2 is 1.91 bits per heavy atom. The van der Waals surface area contributed by atoms with E-state index in [1.54, 1.807) is 31.2 Å². The number of alkyl halides is 3. The topological polar surface area (TPSA) is 26.7 Å². The highest BCUT2D eigenvalue weighted by Crippen LogP contribution is 2.22. The fourth-order valence-corrected chi connectivity index (χ4v) is 2.86. The van der Waals surface area contributed by atoms with Crippen LogP contribution >= 0.6 is 11.6 Å². The molecule has 0 saturated carbocycles. The number of halogens is 4. The third-order valence-corrected chi connectivity index (χ3v) is 4.17. The summed E-state index contributed by atoms with van der Waals surface area (Å²) in [6.07, 6.45) is -4.84. The Labute approximate surface area is 133 Å². The van der Waals surface area contributed by atoms with E-state index in [-0.39, 0.29) is 6.04 Å². The van der Waals surface area contributed by atoms with Gasteiger partial charge in [0.1, 0.15) is 0 Å². The summed E-state index contributed by atoms with van der Waals surface area (Å²) in [4.78, 5) is 3.43. The Balaban J connectivity index is 1.87. The predicted octanol–water partition coefficient (Wildman–Crippen LogP) is 2.94. The molecule has 1 aromatic rings. The fourth-order valence-electron chi connectivity index (χ4n) is 2.74. The Kier molecular flexibility index (Phi) is 5.71. The highest BCUT2D eigenvalue weighted by molar-refractivity contribution is 6.30. The minimum absolute atomic E-state index is 0.187. The highest BCUT2D eigenvalue weighted by Gasteiger charge is 2.35. The third-order valence-electron chi connectivity index (χ3n) is 3.92. The molecule has 1 N–H and O–H groups in total. The largest absolute Gasteiger partial charge is 0.401 e. The zero-order valence-corrected chi connectivity index (χ0v) is 13.1. The first-order valence-electron chi connectivity index (χ1n) is 7.21. The number of hydrogen-bond acceptors (Lipinski definition) is 3. The van der Waals surface area contributed by atoms with E-state index in [2.05, 4.69) is 0 Å². The van der Waals surface area contributed by atoms with E-state index in [9.17, 15) is 18.3 Å². The molecule has 22 heavy (non-hydrogen) atoms. The Bertz CT molecular complexity index is 481. The average molecular weight is 337 g/mol. The van der Waals surface area contributed by atoms with Crippen LogP contribution in [0.25, 0.3) is 0 Å². The summed E-state index contributed by atoms with van der Waals surface area (Å²) in [5.41, 5.74) is 0.759. The van der Waals surface area contributed by atoms with Crippen molar-refractivity contribution in [2.45, 2.75) is 25.2 Å². The van der Waals surface area contributed by atoms with Crippen molar-refractivity contribution in [2.24, 2.45) is 0 Å². The van der Waals surface area contributed by atoms with Crippen molar-refractivity contribution in [2.75, 3.05) is 32.7 Å². The molecular formula is C15H20ClF3N2O. The van der Waals surface area contributed by atoms with Gasteiger partial charge in [0.2, 0.25) is 0 Å². The summed E-state index contributed by atoms with van der Waals surface area (Å²) in [5, 5.41) is 10.8. The maximum atomic E-state index is 12.5. The van der Waals surface area contributed by atoms with E-state index >= 15 is 0 Å². The Morgan fingerprint density at radius 1 is 1.27 bits per heavy atom. The normalized spacial score (nSPS) is 22.7. The number of benzene rings is 1. The van der Waals surface area contributed by atoms with Crippen molar-refractivity contribution in [1.29, 1.82) is 0 Å². The van der Waals surface area contributed by atoms with Gasteiger partial charge < -0.3 is 5.11 Å². The molecule has 7 heteroatoms. The third kappa shape index (κ3) is 5.12. The molecule has 0 amide bonds. The second kappa shape index (κ2) is 7.17. The molecular weight excluding hydrogens is 317 g/mol. The molecule has 2 unspecified atom stereocenters. The molecule has 1 heterocycles. The zero-order chi connectivity index (χ0) is 16.3. The SMILES string of the molecule is CC1CN(CC(O)c2ccc(Cl)cc2)CCN1CC(F)(F)F. The number of rotatable bonds is 4. The lowest BCUT2D eigenvalue weighted by molar-refractivity contribution is -0.155. The molecule has 1 saturated heterocycles. The van der Waals surface area contributed by atoms with Crippen molar-refractivity contribution in [3.05, 3.63) is 34.9 Å². The van der Waals surface area contributed by atoms with Crippen molar-refractivity contribution in [3.8, 4) is 0 Å². The first kappa shape index (κ1) is 17.5. The molecule has 0 spiro atoms. The van der Waals surface area contributed by atoms with Crippen LogP contribution in [-0.4, -0.2) is 59.8 Å². The van der Waals surface area contributed by atoms with Crippen LogP contribution in [0.1, 0.15) is 18.6 Å². The van der Waals surface area contributed by atoms with Gasteiger partial charge in [0.05, 0.1) is 12.6 Å². The molecule has 1 aromatic carbocycles. The van der Waals surface area contributed by atoms with E-state index in [1.165, 1.54) is 4.90 Å². The molecule has 3 nitrogen and oxygen atoms in total. The van der Waals surface area contributed by atoms with Crippen LogP contribution in [0.3, 0.4) is 0 Å². The predicted molar refractivity (Wildman–Crippen MR) is 79.9 cm³/mol. The van der Waals surface area contributed by atoms with Crippen LogP contribution in [-0.2, 0) is 0 Å². The van der Waals surface area contributed by atoms with Crippen LogP contribution in [0.2, 0.25) is 5.02 Å². The van der Waals surface area contributed by atoms with Crippen LogP contribution in [0.4, 0.5) is 13.2 Å². The van der Waals surface area contributed by atoms with Crippen LogP contribution in [0, 0.1) is 0 Å². The molecule has 1 fully saturated rings. The van der Waals surface area contributed by atoms with Crippen LogP contribution in [0.15, 0.2) is 24.3 Å². The number of hydrogen-bond donors (Lipinski definition) is 1. The quantitative estimate of drug-likeness (QED) is 0.916. The first-order valence-corrected chi connectivity index (χ1v) is 7.59. The van der Waals surface area contributed by atoms with Gasteiger partial charge in [-0.1, -0.05) is 23.7 Å². The lowest BCUT2D eigenvalue weighted by Gasteiger charge is -2.40. The zero-order valence-electron chi connectivity index (χ0n) is 12.4. The Morgan fingerprint density at radius 3 is 2.45 bits per heavy atom. The van der Waals surface area contributed by atoms with E-state index in [0.29, 0.717) is 31.2 Å². The summed E-state index contributed by atoms with van der Waals surface area (Å²) >= 11 is 5.81. The van der Waals surface area contributed by atoms with Gasteiger partial charge in [-0.2, -0.15) is 13.2 Å². The molecule has 1 aliphatic heterocycles. The standard InChI is InChI=1S/C15H20ClF3N2O/c1-11-8-20(6-7-21(11)10-15(17,18)19)9-14(22)12-2-4-13(16)5-3-12/h2-5,11,14,22H,6-10H2,1H3. The summed E-state index contributed by atoms with van der Waals surface area (Å²) < 4.78 is 37.4. The van der Waals surface area contributed by atoms with E-state index < -0.39 is 18.8 Å². The van der Waals surface area contributed by atoms with Gasteiger partial charge in [-0.15, -0.1) is 0 Å². The average Bonchev–Trinajstić information content (AvgIpc) is 2.41. The lowest BCUT2D eigenvalue weighted by atomic mass is 10.1. The van der Waals surface area contributed by atoms with Crippen molar-refractivity contribution >= 4 is 11.6 Å². The molecule has 2 atom stereocenters. The molecule has 0 aromatic heterocycles. The first-order chi connectivity index (χ1) is 10.2. The number of nitrogens with zero attached hydrogens (tertiary/aromatic N) is 2. The molecule has 2 rings (SSSR count). The minimum Gasteiger partial charge on any atom is -0.387 e. The molecule has 0 radical (unpaired) electrons. The minimum atomic E-state index is -4.17. The highest BCUT2D eigenvalue weighted by atomic mass is 35.5. The van der Waals surface area contributed by atoms with Gasteiger partial charge >= 0.3 is 6.18 Å². The second-order valence-corrected chi connectivity index (χ2v) is 6.20. The second-order valence-electron chi connectivity index (χ2n) is 5.76. The van der Waals surface area contributed by atoms with Crippen molar-refractivity contribution in [1.82, 2.24) is 9.80 Å². The maximum absolute atomic E-state index is 12.5. The van der Waals surface area contributed by atoms with E-state index in [0.717, 1.165) is 5.56 Å². The maximum Gasteiger partial charge on any atom is 0.401 e. The summed E-state index contributed by atoms with van der Waals surface area (Å²) in [6, 6.07) is 6.76. The summed E-state index contributed by atoms with van der Waals surface area (Å²) in [5.74, 6) is 0. The Hall–Kier alpha value is -0.820. The summed E-state index contributed by atoms with van der Waals surface area (Å²) in [7, 11) is 0. The molecule has 0 aliphatic carbocycles. The number of piperazine rings is 1. The van der Waals surface area contributed by atoms with E-state index in [4.69, 9.17) is 11.6 Å². The van der Waals surface area contributed by atoms with Crippen LogP contribution < -0.4 is 0 Å². The molecule has 0 bridgehead atoms. The number of aliphatic hydroxyl groups is 1. The van der Waals surface area contributed by atoms with Gasteiger partial charge in [0, 0.05) is 37.2 Å². The van der Waals surface area contributed by atoms with Gasteiger partial charge in [-0.3, -0.25) is 9.80 Å².